The second-order valence-electron chi connectivity index (χ2n) is 23.2. The second kappa shape index (κ2) is 53.3. The fourth-order valence-corrected chi connectivity index (χ4v) is 10.7. The maximum Gasteiger partial charge on any atom is 0.472 e. The molecule has 420 valence electrons. The molecule has 70 heavy (non-hydrogen) atoms. The van der Waals surface area contributed by atoms with E-state index in [1.54, 1.807) is 0 Å². The summed E-state index contributed by atoms with van der Waals surface area (Å²) in [4.78, 5) is 23.3. The lowest BCUT2D eigenvalue weighted by Crippen LogP contribution is -2.46. The predicted molar refractivity (Wildman–Crippen MR) is 305 cm³/mol. The smallest absolute Gasteiger partial charge is 0.391 e. The maximum atomic E-state index is 13.0. The molecule has 0 spiro atoms. The van der Waals surface area contributed by atoms with Crippen LogP contribution in [0, 0.1) is 0 Å². The number of aliphatic hydroxyl groups excluding tert-OH is 1. The Kier molecular flexibility index (Phi) is 52.9. The van der Waals surface area contributed by atoms with Crippen LogP contribution in [0.5, 0.6) is 0 Å². The molecular formula is C61H126N2O6P+. The van der Waals surface area contributed by atoms with Crippen LogP contribution in [0.25, 0.3) is 0 Å². The lowest BCUT2D eigenvalue weighted by Gasteiger charge is -2.26. The zero-order chi connectivity index (χ0) is 51.3. The normalized spacial score (nSPS) is 13.8. The molecule has 0 fully saturated rings. The van der Waals surface area contributed by atoms with Crippen LogP contribution in [0.15, 0.2) is 0 Å². The van der Waals surface area contributed by atoms with Crippen LogP contribution >= 0.6 is 7.82 Å². The number of hydrogen-bond acceptors (Lipinski definition) is 5. The zero-order valence-electron chi connectivity index (χ0n) is 48.1. The standard InChI is InChI=1S/C61H125N2O6P/c1-6-8-10-12-14-16-18-20-22-24-25-26-27-28-29-30-31-32-33-34-35-36-37-38-39-40-42-44-46-48-50-52-54-60(64)59(58-69-70(66,67)68-57-56-63(3,4)5)62-61(65)55-53-51-49-47-45-43-41-23-21-19-17-15-13-11-9-7-2/h59-60,64H,6-58H2,1-5H3,(H-,62,65,66,67)/p+1. The third-order valence-electron chi connectivity index (χ3n) is 14.9. The molecule has 0 radical (unpaired) electrons. The minimum atomic E-state index is -4.32. The zero-order valence-corrected chi connectivity index (χ0v) is 48.9. The van der Waals surface area contributed by atoms with Gasteiger partial charge in [-0.05, 0) is 12.8 Å². The topological polar surface area (TPSA) is 105 Å². The van der Waals surface area contributed by atoms with Crippen molar-refractivity contribution >= 4 is 13.7 Å². The first-order valence-electron chi connectivity index (χ1n) is 31.4. The third kappa shape index (κ3) is 55.3. The number of likely N-dealkylation sites (N-methyl/N-ethyl adjacent to an activating group) is 1. The van der Waals surface area contributed by atoms with Crippen molar-refractivity contribution in [1.29, 1.82) is 0 Å². The molecule has 0 saturated carbocycles. The number of unbranched alkanes of at least 4 members (excludes halogenated alkanes) is 46. The third-order valence-corrected chi connectivity index (χ3v) is 15.8. The van der Waals surface area contributed by atoms with E-state index in [-0.39, 0.29) is 19.1 Å². The number of quaternary nitrogens is 1. The molecule has 0 aliphatic rings. The van der Waals surface area contributed by atoms with Crippen molar-refractivity contribution in [2.24, 2.45) is 0 Å². The van der Waals surface area contributed by atoms with E-state index in [1.807, 2.05) is 21.1 Å². The summed E-state index contributed by atoms with van der Waals surface area (Å²) in [6.07, 6.45) is 64.7. The fourth-order valence-electron chi connectivity index (χ4n) is 9.93. The van der Waals surface area contributed by atoms with E-state index in [0.29, 0.717) is 23.9 Å². The number of rotatable bonds is 59. The molecule has 9 heteroatoms. The summed E-state index contributed by atoms with van der Waals surface area (Å²) in [5.41, 5.74) is 0. The van der Waals surface area contributed by atoms with E-state index < -0.39 is 20.0 Å². The molecule has 0 bridgehead atoms. The molecule has 0 aromatic rings. The Morgan fingerprint density at radius 1 is 0.429 bits per heavy atom. The Labute approximate surface area is 438 Å². The Bertz CT molecular complexity index is 1100. The number of nitrogens with zero attached hydrogens (tertiary/aromatic N) is 1. The van der Waals surface area contributed by atoms with Gasteiger partial charge in [-0.15, -0.1) is 0 Å². The molecule has 1 amide bonds. The summed E-state index contributed by atoms with van der Waals surface area (Å²) in [7, 11) is 1.64. The van der Waals surface area contributed by atoms with E-state index in [1.165, 1.54) is 270 Å². The van der Waals surface area contributed by atoms with Gasteiger partial charge in [0.15, 0.2) is 0 Å². The number of hydrogen-bond donors (Lipinski definition) is 3. The summed E-state index contributed by atoms with van der Waals surface area (Å²) in [5, 5.41) is 14.1. The maximum absolute atomic E-state index is 13.0. The van der Waals surface area contributed by atoms with Gasteiger partial charge in [0.1, 0.15) is 13.2 Å². The second-order valence-corrected chi connectivity index (χ2v) is 24.6. The van der Waals surface area contributed by atoms with Crippen molar-refractivity contribution in [2.75, 3.05) is 40.9 Å². The Morgan fingerprint density at radius 3 is 0.957 bits per heavy atom. The number of phosphoric ester groups is 1. The van der Waals surface area contributed by atoms with Gasteiger partial charge in [-0.1, -0.05) is 316 Å². The highest BCUT2D eigenvalue weighted by Crippen LogP contribution is 2.43. The van der Waals surface area contributed by atoms with Gasteiger partial charge in [-0.2, -0.15) is 0 Å². The first kappa shape index (κ1) is 69.5. The number of carbonyl (C=O) groups is 1. The van der Waals surface area contributed by atoms with Crippen LogP contribution in [0.1, 0.15) is 335 Å². The number of nitrogens with one attached hydrogen (secondary N) is 1. The van der Waals surface area contributed by atoms with Crippen LogP contribution < -0.4 is 5.32 Å². The molecular weight excluding hydrogens is 888 g/mol. The largest absolute Gasteiger partial charge is 0.472 e. The molecule has 0 rings (SSSR count). The Balaban J connectivity index is 3.97. The van der Waals surface area contributed by atoms with E-state index in [0.717, 1.165) is 38.5 Å². The van der Waals surface area contributed by atoms with Crippen molar-refractivity contribution in [3.05, 3.63) is 0 Å². The van der Waals surface area contributed by atoms with E-state index in [4.69, 9.17) is 9.05 Å². The average Bonchev–Trinajstić information content (AvgIpc) is 3.32. The highest BCUT2D eigenvalue weighted by Gasteiger charge is 2.28. The molecule has 3 N–H and O–H groups in total. The minimum absolute atomic E-state index is 0.0792. The molecule has 3 unspecified atom stereocenters. The van der Waals surface area contributed by atoms with Crippen LogP contribution in [0.2, 0.25) is 0 Å². The van der Waals surface area contributed by atoms with Crippen molar-refractivity contribution in [3.63, 3.8) is 0 Å². The summed E-state index contributed by atoms with van der Waals surface area (Å²) in [6.45, 7) is 4.95. The highest BCUT2D eigenvalue weighted by molar-refractivity contribution is 7.47. The van der Waals surface area contributed by atoms with Crippen molar-refractivity contribution in [1.82, 2.24) is 5.32 Å². The molecule has 0 aliphatic carbocycles. The van der Waals surface area contributed by atoms with Gasteiger partial charge in [-0.3, -0.25) is 13.8 Å². The first-order valence-corrected chi connectivity index (χ1v) is 32.9. The van der Waals surface area contributed by atoms with Gasteiger partial charge < -0.3 is 19.8 Å². The van der Waals surface area contributed by atoms with Crippen molar-refractivity contribution in [2.45, 2.75) is 347 Å². The SMILES string of the molecule is CCCCCCCCCCCCCCCCCCCCCCCCCCCCCCCCCCC(O)C(COP(=O)(O)OCC[N+](C)(C)C)NC(=O)CCCCCCCCCCCCCCCCCC. The van der Waals surface area contributed by atoms with Crippen LogP contribution in [0.3, 0.4) is 0 Å². The van der Waals surface area contributed by atoms with Crippen molar-refractivity contribution < 1.29 is 32.9 Å². The lowest BCUT2D eigenvalue weighted by molar-refractivity contribution is -0.870. The quantitative estimate of drug-likeness (QED) is 0.0318. The Hall–Kier alpha value is -0.500. The number of aliphatic hydroxyl groups is 1. The first-order chi connectivity index (χ1) is 34.0. The molecule has 8 nitrogen and oxygen atoms in total. The summed E-state index contributed by atoms with van der Waals surface area (Å²) < 4.78 is 23.8. The number of phosphoric acid groups is 1. The summed E-state index contributed by atoms with van der Waals surface area (Å²) in [6, 6.07) is -0.755. The van der Waals surface area contributed by atoms with Gasteiger partial charge >= 0.3 is 7.82 Å². The van der Waals surface area contributed by atoms with Gasteiger partial charge in [0.25, 0.3) is 0 Å². The Morgan fingerprint density at radius 2 is 0.686 bits per heavy atom. The molecule has 0 aromatic heterocycles. The predicted octanol–water partition coefficient (Wildman–Crippen LogP) is 19.2. The monoisotopic (exact) mass is 1010 g/mol. The van der Waals surface area contributed by atoms with E-state index in [9.17, 15) is 19.4 Å². The van der Waals surface area contributed by atoms with Crippen LogP contribution in [0.4, 0.5) is 0 Å². The highest BCUT2D eigenvalue weighted by atomic mass is 31.2. The van der Waals surface area contributed by atoms with Gasteiger partial charge in [0.2, 0.25) is 5.91 Å². The van der Waals surface area contributed by atoms with Gasteiger partial charge in [0.05, 0.1) is 39.9 Å². The average molecular weight is 1010 g/mol. The number of amides is 1. The molecule has 0 heterocycles. The van der Waals surface area contributed by atoms with E-state index in [2.05, 4.69) is 19.2 Å². The minimum Gasteiger partial charge on any atom is -0.391 e. The van der Waals surface area contributed by atoms with Gasteiger partial charge in [-0.25, -0.2) is 4.57 Å². The molecule has 0 aromatic carbocycles. The fraction of sp³-hybridized carbons (Fsp3) is 0.984. The summed E-state index contributed by atoms with van der Waals surface area (Å²) >= 11 is 0. The summed E-state index contributed by atoms with van der Waals surface area (Å²) in [5.74, 6) is -0.136. The van der Waals surface area contributed by atoms with Gasteiger partial charge in [0, 0.05) is 6.42 Å². The molecule has 3 atom stereocenters. The van der Waals surface area contributed by atoms with E-state index >= 15 is 0 Å². The number of carbonyl (C=O) groups excluding carboxylic acids is 1. The molecule has 0 saturated heterocycles. The van der Waals surface area contributed by atoms with Crippen molar-refractivity contribution in [3.8, 4) is 0 Å². The molecule has 0 aliphatic heterocycles. The van der Waals surface area contributed by atoms with Crippen LogP contribution in [-0.4, -0.2) is 73.4 Å². The van der Waals surface area contributed by atoms with Crippen LogP contribution in [-0.2, 0) is 18.4 Å². The lowest BCUT2D eigenvalue weighted by atomic mass is 10.0.